The lowest BCUT2D eigenvalue weighted by molar-refractivity contribution is 0.0934. The van der Waals surface area contributed by atoms with Crippen molar-refractivity contribution in [2.24, 2.45) is 0 Å². The van der Waals surface area contributed by atoms with Gasteiger partial charge in [0.15, 0.2) is 0 Å². The van der Waals surface area contributed by atoms with Crippen LogP contribution in [0.15, 0.2) is 24.4 Å². The van der Waals surface area contributed by atoms with Crippen molar-refractivity contribution in [1.29, 1.82) is 0 Å². The first-order valence-electron chi connectivity index (χ1n) is 6.30. The summed E-state index contributed by atoms with van der Waals surface area (Å²) >= 11 is 0. The van der Waals surface area contributed by atoms with Crippen LogP contribution in [0.2, 0.25) is 0 Å². The van der Waals surface area contributed by atoms with Crippen molar-refractivity contribution in [2.75, 3.05) is 5.73 Å². The molecular weight excluding hydrogens is 254 g/mol. The van der Waals surface area contributed by atoms with Crippen LogP contribution in [-0.2, 0) is 0 Å². The number of pyridine rings is 1. The van der Waals surface area contributed by atoms with Crippen LogP contribution in [-0.4, -0.2) is 20.9 Å². The van der Waals surface area contributed by atoms with Crippen LogP contribution >= 0.6 is 0 Å². The third-order valence-electron chi connectivity index (χ3n) is 2.89. The topological polar surface area (TPSA) is 93.8 Å². The minimum atomic E-state index is -0.282. The van der Waals surface area contributed by atoms with E-state index in [1.807, 2.05) is 26.0 Å². The summed E-state index contributed by atoms with van der Waals surface area (Å²) in [6.07, 6.45) is 1.75. The lowest BCUT2D eigenvalue weighted by Crippen LogP contribution is -2.28. The number of nitrogens with one attached hydrogen (secondary N) is 1. The normalized spacial score (nSPS) is 11.9. The molecule has 2 rings (SSSR count). The number of aromatic nitrogens is 3. The summed E-state index contributed by atoms with van der Waals surface area (Å²) in [7, 11) is 0. The maximum atomic E-state index is 12.1. The highest BCUT2D eigenvalue weighted by Crippen LogP contribution is 2.12. The van der Waals surface area contributed by atoms with Gasteiger partial charge in [-0.2, -0.15) is 0 Å². The number of nitrogen functional groups attached to an aromatic ring is 1. The molecule has 104 valence electrons. The predicted molar refractivity (Wildman–Crippen MR) is 76.0 cm³/mol. The summed E-state index contributed by atoms with van der Waals surface area (Å²) in [5.74, 6) is -0.185. The zero-order valence-corrected chi connectivity index (χ0v) is 11.7. The number of carbonyl (C=O) groups is 1. The van der Waals surface area contributed by atoms with Gasteiger partial charge in [0.2, 0.25) is 5.95 Å². The van der Waals surface area contributed by atoms with Gasteiger partial charge in [-0.25, -0.2) is 9.97 Å². The van der Waals surface area contributed by atoms with Gasteiger partial charge in [-0.1, -0.05) is 6.07 Å². The third kappa shape index (κ3) is 3.28. The molecule has 0 aliphatic carbocycles. The second-order valence-electron chi connectivity index (χ2n) is 4.68. The van der Waals surface area contributed by atoms with Crippen LogP contribution in [0.1, 0.15) is 40.4 Å². The lowest BCUT2D eigenvalue weighted by Gasteiger charge is -2.14. The van der Waals surface area contributed by atoms with Gasteiger partial charge in [-0.05, 0) is 38.5 Å². The van der Waals surface area contributed by atoms with Crippen molar-refractivity contribution < 1.29 is 4.79 Å². The number of amides is 1. The molecule has 6 heteroatoms. The van der Waals surface area contributed by atoms with Crippen molar-refractivity contribution in [2.45, 2.75) is 26.8 Å². The number of hydrogen-bond donors (Lipinski definition) is 2. The molecule has 6 nitrogen and oxygen atoms in total. The van der Waals surface area contributed by atoms with Crippen LogP contribution in [0.25, 0.3) is 0 Å². The maximum Gasteiger partial charge on any atom is 0.270 e. The van der Waals surface area contributed by atoms with Crippen LogP contribution in [0.3, 0.4) is 0 Å². The monoisotopic (exact) mass is 271 g/mol. The fraction of sp³-hybridized carbons (Fsp3) is 0.286. The Labute approximate surface area is 117 Å². The molecule has 0 fully saturated rings. The van der Waals surface area contributed by atoms with Crippen molar-refractivity contribution >= 4 is 11.9 Å². The predicted octanol–water partition coefficient (Wildman–Crippen LogP) is 1.56. The van der Waals surface area contributed by atoms with Gasteiger partial charge in [0.1, 0.15) is 5.69 Å². The average Bonchev–Trinajstić information content (AvgIpc) is 2.38. The van der Waals surface area contributed by atoms with Gasteiger partial charge < -0.3 is 11.1 Å². The number of aryl methyl sites for hydroxylation is 2. The highest BCUT2D eigenvalue weighted by atomic mass is 16.1. The molecular formula is C14H17N5O. The van der Waals surface area contributed by atoms with E-state index in [4.69, 9.17) is 5.73 Å². The van der Waals surface area contributed by atoms with E-state index >= 15 is 0 Å². The molecule has 0 radical (unpaired) electrons. The van der Waals surface area contributed by atoms with E-state index in [1.54, 1.807) is 19.2 Å². The van der Waals surface area contributed by atoms with Crippen molar-refractivity contribution in [1.82, 2.24) is 20.3 Å². The van der Waals surface area contributed by atoms with Crippen LogP contribution in [0, 0.1) is 13.8 Å². The molecule has 2 aromatic rings. The summed E-state index contributed by atoms with van der Waals surface area (Å²) in [6.45, 7) is 5.57. The Morgan fingerprint density at radius 1 is 1.25 bits per heavy atom. The van der Waals surface area contributed by atoms with Crippen molar-refractivity contribution in [3.05, 3.63) is 47.0 Å². The molecule has 0 saturated heterocycles. The minimum absolute atomic E-state index is 0.0970. The van der Waals surface area contributed by atoms with E-state index in [1.165, 1.54) is 0 Å². The highest BCUT2D eigenvalue weighted by molar-refractivity contribution is 5.92. The van der Waals surface area contributed by atoms with Gasteiger partial charge in [0.05, 0.1) is 6.04 Å². The number of anilines is 1. The Hall–Kier alpha value is -2.50. The number of nitrogens with zero attached hydrogens (tertiary/aromatic N) is 3. The summed E-state index contributed by atoms with van der Waals surface area (Å²) in [5.41, 5.74) is 8.34. The van der Waals surface area contributed by atoms with E-state index < -0.39 is 0 Å². The maximum absolute atomic E-state index is 12.1. The molecule has 0 saturated carbocycles. The van der Waals surface area contributed by atoms with E-state index in [9.17, 15) is 4.79 Å². The van der Waals surface area contributed by atoms with Crippen LogP contribution in [0.5, 0.6) is 0 Å². The molecule has 0 spiro atoms. The van der Waals surface area contributed by atoms with Crippen molar-refractivity contribution in [3.63, 3.8) is 0 Å². The van der Waals surface area contributed by atoms with Crippen molar-refractivity contribution in [3.8, 4) is 0 Å². The number of hydrogen-bond acceptors (Lipinski definition) is 5. The molecule has 0 bridgehead atoms. The fourth-order valence-electron chi connectivity index (χ4n) is 1.80. The van der Waals surface area contributed by atoms with E-state index in [2.05, 4.69) is 20.3 Å². The van der Waals surface area contributed by atoms with Gasteiger partial charge in [0, 0.05) is 17.6 Å². The first-order valence-corrected chi connectivity index (χ1v) is 6.30. The Morgan fingerprint density at radius 2 is 2.00 bits per heavy atom. The largest absolute Gasteiger partial charge is 0.368 e. The summed E-state index contributed by atoms with van der Waals surface area (Å²) in [4.78, 5) is 24.2. The smallest absolute Gasteiger partial charge is 0.270 e. The zero-order valence-electron chi connectivity index (χ0n) is 11.7. The third-order valence-corrected chi connectivity index (χ3v) is 2.89. The number of nitrogens with two attached hydrogens (primary N) is 1. The first kappa shape index (κ1) is 13.9. The fourth-order valence-corrected chi connectivity index (χ4v) is 1.80. The molecule has 1 atom stereocenters. The minimum Gasteiger partial charge on any atom is -0.368 e. The molecule has 2 aromatic heterocycles. The van der Waals surface area contributed by atoms with Gasteiger partial charge in [-0.15, -0.1) is 0 Å². The number of rotatable bonds is 3. The molecule has 0 aromatic carbocycles. The second-order valence-corrected chi connectivity index (χ2v) is 4.68. The molecule has 0 aliphatic heterocycles. The molecule has 1 amide bonds. The highest BCUT2D eigenvalue weighted by Gasteiger charge is 2.14. The quantitative estimate of drug-likeness (QED) is 0.883. The van der Waals surface area contributed by atoms with Crippen LogP contribution in [0.4, 0.5) is 5.95 Å². The summed E-state index contributed by atoms with van der Waals surface area (Å²) in [6, 6.07) is 5.29. The van der Waals surface area contributed by atoms with E-state index in [0.717, 1.165) is 11.3 Å². The molecule has 2 heterocycles. The van der Waals surface area contributed by atoms with E-state index in [0.29, 0.717) is 5.69 Å². The summed E-state index contributed by atoms with van der Waals surface area (Å²) in [5, 5.41) is 2.86. The molecule has 20 heavy (non-hydrogen) atoms. The van der Waals surface area contributed by atoms with Gasteiger partial charge in [0.25, 0.3) is 5.91 Å². The Balaban J connectivity index is 2.12. The Morgan fingerprint density at radius 3 is 2.60 bits per heavy atom. The number of carbonyl (C=O) groups excluding carboxylic acids is 1. The molecule has 3 N–H and O–H groups in total. The van der Waals surface area contributed by atoms with Gasteiger partial charge >= 0.3 is 0 Å². The first-order chi connectivity index (χ1) is 9.45. The zero-order chi connectivity index (χ0) is 14.7. The SMILES string of the molecule is Cc1ccc(C(C)NC(=O)c2cc(C)nc(N)n2)cn1. The lowest BCUT2D eigenvalue weighted by atomic mass is 10.1. The second kappa shape index (κ2) is 5.64. The standard InChI is InChI=1S/C14H17N5O/c1-8-4-5-11(7-16-8)10(3)18-13(20)12-6-9(2)17-14(15)19-12/h4-7,10H,1-3H3,(H,18,20)(H2,15,17,19). The van der Waals surface area contributed by atoms with E-state index in [-0.39, 0.29) is 23.6 Å². The molecule has 1 unspecified atom stereocenters. The van der Waals surface area contributed by atoms with Gasteiger partial charge in [-0.3, -0.25) is 9.78 Å². The molecule has 0 aliphatic rings. The Bertz CT molecular complexity index is 604. The summed E-state index contributed by atoms with van der Waals surface area (Å²) < 4.78 is 0. The Kier molecular flexibility index (Phi) is 3.93. The van der Waals surface area contributed by atoms with Crippen LogP contribution < -0.4 is 11.1 Å². The average molecular weight is 271 g/mol.